The van der Waals surface area contributed by atoms with Crippen LogP contribution < -0.4 is 4.74 Å². The Morgan fingerprint density at radius 3 is 2.38 bits per heavy atom. The summed E-state index contributed by atoms with van der Waals surface area (Å²) in [7, 11) is 0. The van der Waals surface area contributed by atoms with Crippen LogP contribution in [0.3, 0.4) is 0 Å². The van der Waals surface area contributed by atoms with Crippen molar-refractivity contribution < 1.29 is 4.74 Å². The molecule has 47 heavy (non-hydrogen) atoms. The monoisotopic (exact) mass is 624 g/mol. The Morgan fingerprint density at radius 2 is 1.43 bits per heavy atom. The Labute approximate surface area is 275 Å². The minimum Gasteiger partial charge on any atom is -0.457 e. The molecule has 0 atom stereocenters. The number of nitrogens with zero attached hydrogens (tertiary/aromatic N) is 4. The smallest absolute Gasteiger partial charge is 0.145 e. The first-order valence-electron chi connectivity index (χ1n) is 15.8. The molecule has 6 heteroatoms. The van der Waals surface area contributed by atoms with Crippen LogP contribution in [0.15, 0.2) is 144 Å². The maximum Gasteiger partial charge on any atom is 0.145 e. The van der Waals surface area contributed by atoms with Crippen molar-refractivity contribution in [3.63, 3.8) is 0 Å². The molecule has 5 heterocycles. The van der Waals surface area contributed by atoms with Crippen molar-refractivity contribution in [3.8, 4) is 17.2 Å². The van der Waals surface area contributed by atoms with Crippen molar-refractivity contribution >= 4 is 61.0 Å². The fraction of sp³-hybridized carbons (Fsp3) is 0.0732. The van der Waals surface area contributed by atoms with Gasteiger partial charge < -0.3 is 4.74 Å². The molecule has 9 aromatic rings. The topological polar surface area (TPSA) is 44.4 Å². The minimum absolute atomic E-state index is 0.132. The lowest BCUT2D eigenvalue weighted by atomic mass is 9.77. The number of rotatable bonds is 3. The third-order valence-electron chi connectivity index (χ3n) is 9.73. The first kappa shape index (κ1) is 26.6. The van der Waals surface area contributed by atoms with Gasteiger partial charge in [0.05, 0.1) is 16.7 Å². The fourth-order valence-electron chi connectivity index (χ4n) is 7.51. The average Bonchev–Trinajstić information content (AvgIpc) is 3.73. The van der Waals surface area contributed by atoms with Crippen LogP contribution in [0.1, 0.15) is 25.0 Å². The number of fused-ring (bicyclic) bond motifs is 12. The van der Waals surface area contributed by atoms with Crippen molar-refractivity contribution in [2.45, 2.75) is 29.1 Å². The SMILES string of the molecule is CC1(C)c2ccccc2Sc2c1ccc1c3cccnc3n(-c3cccc(Oc4ccc5c6ccccc6n6ccnc6c5c4)c3)c21. The number of imidazole rings is 1. The van der Waals surface area contributed by atoms with Gasteiger partial charge in [-0.05, 0) is 71.1 Å². The number of hydrogen-bond donors (Lipinski definition) is 0. The molecule has 0 saturated heterocycles. The van der Waals surface area contributed by atoms with E-state index >= 15 is 0 Å². The van der Waals surface area contributed by atoms with E-state index in [-0.39, 0.29) is 5.41 Å². The summed E-state index contributed by atoms with van der Waals surface area (Å²) in [5, 5.41) is 5.74. The summed E-state index contributed by atoms with van der Waals surface area (Å²) in [4.78, 5) is 12.2. The third-order valence-corrected chi connectivity index (χ3v) is 10.9. The zero-order valence-electron chi connectivity index (χ0n) is 25.8. The molecule has 1 aliphatic rings. The Kier molecular flexibility index (Phi) is 5.50. The Morgan fingerprint density at radius 1 is 0.617 bits per heavy atom. The second kappa shape index (κ2) is 9.71. The van der Waals surface area contributed by atoms with Crippen molar-refractivity contribution in [3.05, 3.63) is 145 Å². The lowest BCUT2D eigenvalue weighted by molar-refractivity contribution is 0.483. The highest BCUT2D eigenvalue weighted by Gasteiger charge is 2.35. The first-order chi connectivity index (χ1) is 23.1. The molecule has 0 aliphatic carbocycles. The van der Waals surface area contributed by atoms with E-state index in [9.17, 15) is 0 Å². The van der Waals surface area contributed by atoms with Crippen molar-refractivity contribution in [2.24, 2.45) is 0 Å². The second-order valence-corrected chi connectivity index (χ2v) is 13.8. The normalized spacial score (nSPS) is 13.8. The van der Waals surface area contributed by atoms with Crippen LogP contribution in [-0.4, -0.2) is 18.9 Å². The summed E-state index contributed by atoms with van der Waals surface area (Å²) in [6.07, 6.45) is 5.76. The highest BCUT2D eigenvalue weighted by Crippen LogP contribution is 2.52. The summed E-state index contributed by atoms with van der Waals surface area (Å²) in [6.45, 7) is 4.67. The van der Waals surface area contributed by atoms with E-state index in [0.717, 1.165) is 50.2 Å². The van der Waals surface area contributed by atoms with Gasteiger partial charge in [0.15, 0.2) is 0 Å². The number of ether oxygens (including phenoxy) is 1. The Balaban J connectivity index is 1.14. The van der Waals surface area contributed by atoms with Gasteiger partial charge in [-0.2, -0.15) is 0 Å². The van der Waals surface area contributed by atoms with E-state index in [2.05, 4.69) is 126 Å². The molecule has 0 unspecified atom stereocenters. The van der Waals surface area contributed by atoms with E-state index in [4.69, 9.17) is 14.7 Å². The molecular formula is C41H28N4OS. The number of para-hydroxylation sites is 1. The maximum absolute atomic E-state index is 6.60. The Bertz CT molecular complexity index is 2740. The summed E-state index contributed by atoms with van der Waals surface area (Å²) in [6, 6.07) is 40.7. The summed E-state index contributed by atoms with van der Waals surface area (Å²) in [5.41, 5.74) is 7.75. The third kappa shape index (κ3) is 3.79. The predicted octanol–water partition coefficient (Wildman–Crippen LogP) is 10.7. The van der Waals surface area contributed by atoms with Gasteiger partial charge in [-0.3, -0.25) is 8.97 Å². The van der Waals surface area contributed by atoms with E-state index in [1.54, 1.807) is 0 Å². The summed E-state index contributed by atoms with van der Waals surface area (Å²) in [5.74, 6) is 1.53. The molecule has 0 radical (unpaired) electrons. The van der Waals surface area contributed by atoms with Gasteiger partial charge in [0.25, 0.3) is 0 Å². The van der Waals surface area contributed by atoms with Crippen LogP contribution in [0.2, 0.25) is 0 Å². The van der Waals surface area contributed by atoms with Crippen LogP contribution in [0.4, 0.5) is 0 Å². The second-order valence-electron chi connectivity index (χ2n) is 12.7. The maximum atomic E-state index is 6.60. The van der Waals surface area contributed by atoms with E-state index in [1.165, 1.54) is 37.2 Å². The van der Waals surface area contributed by atoms with Crippen molar-refractivity contribution in [1.82, 2.24) is 18.9 Å². The van der Waals surface area contributed by atoms with Crippen molar-refractivity contribution in [1.29, 1.82) is 0 Å². The molecular weight excluding hydrogens is 597 g/mol. The van der Waals surface area contributed by atoms with E-state index in [0.29, 0.717) is 0 Å². The number of pyridine rings is 2. The number of hydrogen-bond acceptors (Lipinski definition) is 4. The zero-order chi connectivity index (χ0) is 31.3. The highest BCUT2D eigenvalue weighted by molar-refractivity contribution is 7.99. The van der Waals surface area contributed by atoms with Gasteiger partial charge >= 0.3 is 0 Å². The van der Waals surface area contributed by atoms with Gasteiger partial charge in [-0.1, -0.05) is 80.2 Å². The standard InChI is InChI=1S/C41H28N4OS/c1-41(2)33-13-4-6-15-36(33)47-38-34(41)19-18-30-31-12-8-20-42-40(31)45(37(30)38)25-9-7-10-26(23-25)46-27-16-17-28-29-11-3-5-14-35(29)44-22-21-43-39(44)32(28)24-27/h3-24H,1-2H3. The molecule has 5 aromatic carbocycles. The molecule has 10 rings (SSSR count). The van der Waals surface area contributed by atoms with E-state index in [1.807, 2.05) is 42.5 Å². The molecule has 0 spiro atoms. The van der Waals surface area contributed by atoms with Crippen LogP contribution in [0, 0.1) is 0 Å². The van der Waals surface area contributed by atoms with Gasteiger partial charge in [0.2, 0.25) is 0 Å². The molecule has 0 N–H and O–H groups in total. The quantitative estimate of drug-likeness (QED) is 0.184. The molecule has 0 saturated carbocycles. The van der Waals surface area contributed by atoms with Gasteiger partial charge in [0.1, 0.15) is 22.8 Å². The number of benzene rings is 5. The van der Waals surface area contributed by atoms with Gasteiger partial charge in [-0.25, -0.2) is 9.97 Å². The minimum atomic E-state index is -0.132. The zero-order valence-corrected chi connectivity index (χ0v) is 26.6. The van der Waals surface area contributed by atoms with Gasteiger partial charge in [0, 0.05) is 61.4 Å². The van der Waals surface area contributed by atoms with Crippen LogP contribution in [0.5, 0.6) is 11.5 Å². The molecule has 0 amide bonds. The molecule has 0 fully saturated rings. The lowest BCUT2D eigenvalue weighted by Gasteiger charge is -2.35. The number of aromatic nitrogens is 4. The molecule has 0 bridgehead atoms. The molecule has 5 nitrogen and oxygen atoms in total. The molecule has 4 aromatic heterocycles. The molecule has 224 valence electrons. The lowest BCUT2D eigenvalue weighted by Crippen LogP contribution is -2.24. The van der Waals surface area contributed by atoms with Crippen LogP contribution in [0.25, 0.3) is 54.9 Å². The molecule has 1 aliphatic heterocycles. The fourth-order valence-corrected chi connectivity index (χ4v) is 9.04. The Hall–Kier alpha value is -5.59. The van der Waals surface area contributed by atoms with Crippen LogP contribution >= 0.6 is 11.8 Å². The average molecular weight is 625 g/mol. The van der Waals surface area contributed by atoms with Gasteiger partial charge in [-0.15, -0.1) is 0 Å². The predicted molar refractivity (Wildman–Crippen MR) is 192 cm³/mol. The first-order valence-corrected chi connectivity index (χ1v) is 16.6. The van der Waals surface area contributed by atoms with Crippen LogP contribution in [-0.2, 0) is 5.41 Å². The van der Waals surface area contributed by atoms with Crippen molar-refractivity contribution in [2.75, 3.05) is 0 Å². The summed E-state index contributed by atoms with van der Waals surface area (Å²) >= 11 is 1.86. The largest absolute Gasteiger partial charge is 0.457 e. The van der Waals surface area contributed by atoms with E-state index < -0.39 is 0 Å². The highest BCUT2D eigenvalue weighted by atomic mass is 32.2. The summed E-state index contributed by atoms with van der Waals surface area (Å²) < 4.78 is 11.1.